The Labute approximate surface area is 100 Å². The quantitative estimate of drug-likeness (QED) is 0.866. The summed E-state index contributed by atoms with van der Waals surface area (Å²) >= 11 is 0. The van der Waals surface area contributed by atoms with Crippen LogP contribution in [0.4, 0.5) is 5.69 Å². The number of anilines is 1. The van der Waals surface area contributed by atoms with Crippen LogP contribution >= 0.6 is 0 Å². The maximum Gasteiger partial charge on any atom is 0.227 e. The lowest BCUT2D eigenvalue weighted by molar-refractivity contribution is -0.122. The lowest BCUT2D eigenvalue weighted by Crippen LogP contribution is -2.28. The van der Waals surface area contributed by atoms with Gasteiger partial charge in [0.05, 0.1) is 12.7 Å². The second-order valence-corrected chi connectivity index (χ2v) is 4.11. The topological polar surface area (TPSA) is 62.1 Å². The summed E-state index contributed by atoms with van der Waals surface area (Å²) in [5.74, 6) is 0.598. The van der Waals surface area contributed by atoms with E-state index in [4.69, 9.17) is 10.00 Å². The van der Waals surface area contributed by atoms with E-state index in [9.17, 15) is 4.79 Å². The SMILES string of the molecule is COc1cccc(C#N)c1NC(=O)C1CCC1. The first-order valence-electron chi connectivity index (χ1n) is 5.64. The zero-order chi connectivity index (χ0) is 12.3. The zero-order valence-electron chi connectivity index (χ0n) is 9.69. The molecule has 1 aliphatic rings. The van der Waals surface area contributed by atoms with Crippen molar-refractivity contribution in [2.75, 3.05) is 12.4 Å². The van der Waals surface area contributed by atoms with Crippen LogP contribution in [0.25, 0.3) is 0 Å². The van der Waals surface area contributed by atoms with Crippen LogP contribution in [0.5, 0.6) is 5.75 Å². The van der Waals surface area contributed by atoms with E-state index in [1.807, 2.05) is 0 Å². The third kappa shape index (κ3) is 2.23. The van der Waals surface area contributed by atoms with Gasteiger partial charge in [-0.15, -0.1) is 0 Å². The number of hydrogen-bond donors (Lipinski definition) is 1. The van der Waals surface area contributed by atoms with Gasteiger partial charge in [-0.1, -0.05) is 12.5 Å². The van der Waals surface area contributed by atoms with Crippen LogP contribution in [0.3, 0.4) is 0 Å². The predicted octanol–water partition coefficient (Wildman–Crippen LogP) is 2.31. The normalized spacial score (nSPS) is 14.6. The van der Waals surface area contributed by atoms with Gasteiger partial charge in [-0.25, -0.2) is 0 Å². The van der Waals surface area contributed by atoms with Crippen LogP contribution in [0.15, 0.2) is 18.2 Å². The monoisotopic (exact) mass is 230 g/mol. The molecule has 0 spiro atoms. The second kappa shape index (κ2) is 4.88. The Kier molecular flexibility index (Phi) is 3.29. The molecule has 4 heteroatoms. The minimum atomic E-state index is -0.0164. The highest BCUT2D eigenvalue weighted by Gasteiger charge is 2.26. The Morgan fingerprint density at radius 2 is 2.29 bits per heavy atom. The van der Waals surface area contributed by atoms with Crippen molar-refractivity contribution in [3.63, 3.8) is 0 Å². The number of ether oxygens (including phenoxy) is 1. The second-order valence-electron chi connectivity index (χ2n) is 4.11. The predicted molar refractivity (Wildman–Crippen MR) is 63.7 cm³/mol. The van der Waals surface area contributed by atoms with E-state index in [-0.39, 0.29) is 11.8 Å². The molecule has 0 aromatic heterocycles. The molecule has 0 radical (unpaired) electrons. The summed E-state index contributed by atoms with van der Waals surface area (Å²) in [7, 11) is 1.52. The number of nitrogens with one attached hydrogen (secondary N) is 1. The Morgan fingerprint density at radius 3 is 2.82 bits per heavy atom. The van der Waals surface area contributed by atoms with Gasteiger partial charge in [0.2, 0.25) is 5.91 Å². The van der Waals surface area contributed by atoms with E-state index in [1.165, 1.54) is 7.11 Å². The molecular formula is C13H14N2O2. The van der Waals surface area contributed by atoms with Gasteiger partial charge in [-0.2, -0.15) is 5.26 Å². The number of amides is 1. The average Bonchev–Trinajstić information content (AvgIpc) is 2.26. The molecule has 2 rings (SSSR count). The van der Waals surface area contributed by atoms with Crippen molar-refractivity contribution in [3.05, 3.63) is 23.8 Å². The summed E-state index contributed by atoms with van der Waals surface area (Å²) in [6.45, 7) is 0. The van der Waals surface area contributed by atoms with Gasteiger partial charge in [0.1, 0.15) is 17.5 Å². The van der Waals surface area contributed by atoms with Crippen LogP contribution in [0.2, 0.25) is 0 Å². The summed E-state index contributed by atoms with van der Waals surface area (Å²) in [6, 6.07) is 7.19. The summed E-state index contributed by atoms with van der Waals surface area (Å²) < 4.78 is 5.15. The molecule has 0 unspecified atom stereocenters. The summed E-state index contributed by atoms with van der Waals surface area (Å²) in [4.78, 5) is 11.9. The van der Waals surface area contributed by atoms with Crippen LogP contribution in [-0.4, -0.2) is 13.0 Å². The van der Waals surface area contributed by atoms with Gasteiger partial charge in [0.25, 0.3) is 0 Å². The molecule has 17 heavy (non-hydrogen) atoms. The number of rotatable bonds is 3. The molecule has 1 aliphatic carbocycles. The summed E-state index contributed by atoms with van der Waals surface area (Å²) in [6.07, 6.45) is 2.97. The highest BCUT2D eigenvalue weighted by Crippen LogP contribution is 2.31. The van der Waals surface area contributed by atoms with Crippen molar-refractivity contribution in [3.8, 4) is 11.8 Å². The Balaban J connectivity index is 2.23. The van der Waals surface area contributed by atoms with Crippen LogP contribution in [0, 0.1) is 17.2 Å². The maximum absolute atomic E-state index is 11.9. The van der Waals surface area contributed by atoms with Crippen LogP contribution < -0.4 is 10.1 Å². The van der Waals surface area contributed by atoms with Crippen molar-refractivity contribution >= 4 is 11.6 Å². The standard InChI is InChI=1S/C13H14N2O2/c1-17-11-7-3-6-10(8-14)12(11)15-13(16)9-4-2-5-9/h3,6-7,9H,2,4-5H2,1H3,(H,15,16). The number of methoxy groups -OCH3 is 1. The minimum absolute atomic E-state index is 0.0164. The molecule has 0 heterocycles. The highest BCUT2D eigenvalue weighted by molar-refractivity contribution is 5.95. The van der Waals surface area contributed by atoms with Crippen LogP contribution in [0.1, 0.15) is 24.8 Å². The van der Waals surface area contributed by atoms with Crippen molar-refractivity contribution in [2.45, 2.75) is 19.3 Å². The summed E-state index contributed by atoms with van der Waals surface area (Å²) in [5.41, 5.74) is 0.909. The molecule has 0 aliphatic heterocycles. The number of carbonyl (C=O) groups is 1. The largest absolute Gasteiger partial charge is 0.495 e. The first-order chi connectivity index (χ1) is 8.26. The lowest BCUT2D eigenvalue weighted by atomic mass is 9.85. The molecule has 1 aromatic rings. The van der Waals surface area contributed by atoms with Gasteiger partial charge in [0.15, 0.2) is 0 Å². The molecule has 4 nitrogen and oxygen atoms in total. The van der Waals surface area contributed by atoms with E-state index in [2.05, 4.69) is 11.4 Å². The molecule has 1 fully saturated rings. The lowest BCUT2D eigenvalue weighted by Gasteiger charge is -2.24. The van der Waals surface area contributed by atoms with Gasteiger partial charge >= 0.3 is 0 Å². The number of para-hydroxylation sites is 1. The first kappa shape index (κ1) is 11.5. The number of nitriles is 1. The van der Waals surface area contributed by atoms with E-state index in [0.717, 1.165) is 19.3 Å². The van der Waals surface area contributed by atoms with Crippen molar-refractivity contribution in [2.24, 2.45) is 5.92 Å². The molecule has 1 aromatic carbocycles. The average molecular weight is 230 g/mol. The van der Waals surface area contributed by atoms with Crippen molar-refractivity contribution in [1.82, 2.24) is 0 Å². The smallest absolute Gasteiger partial charge is 0.227 e. The zero-order valence-corrected chi connectivity index (χ0v) is 9.69. The number of hydrogen-bond acceptors (Lipinski definition) is 3. The Bertz CT molecular complexity index is 473. The molecule has 1 amide bonds. The van der Waals surface area contributed by atoms with E-state index in [1.54, 1.807) is 18.2 Å². The van der Waals surface area contributed by atoms with Gasteiger partial charge < -0.3 is 10.1 Å². The van der Waals surface area contributed by atoms with Gasteiger partial charge in [-0.05, 0) is 25.0 Å². The summed E-state index contributed by atoms with van der Waals surface area (Å²) in [5, 5.41) is 11.8. The van der Waals surface area contributed by atoms with E-state index < -0.39 is 0 Å². The molecule has 1 N–H and O–H groups in total. The highest BCUT2D eigenvalue weighted by atomic mass is 16.5. The number of nitrogens with zero attached hydrogens (tertiary/aromatic N) is 1. The maximum atomic E-state index is 11.9. The third-order valence-electron chi connectivity index (χ3n) is 3.09. The van der Waals surface area contributed by atoms with Crippen molar-refractivity contribution in [1.29, 1.82) is 5.26 Å². The first-order valence-corrected chi connectivity index (χ1v) is 5.64. The fourth-order valence-electron chi connectivity index (χ4n) is 1.82. The molecule has 0 atom stereocenters. The Morgan fingerprint density at radius 1 is 1.53 bits per heavy atom. The fourth-order valence-corrected chi connectivity index (χ4v) is 1.82. The Hall–Kier alpha value is -2.02. The molecule has 0 bridgehead atoms. The fraction of sp³-hybridized carbons (Fsp3) is 0.385. The van der Waals surface area contributed by atoms with E-state index >= 15 is 0 Å². The molecular weight excluding hydrogens is 216 g/mol. The third-order valence-corrected chi connectivity index (χ3v) is 3.09. The van der Waals surface area contributed by atoms with Crippen molar-refractivity contribution < 1.29 is 9.53 Å². The minimum Gasteiger partial charge on any atom is -0.495 e. The van der Waals surface area contributed by atoms with Gasteiger partial charge in [0, 0.05) is 5.92 Å². The molecule has 0 saturated heterocycles. The van der Waals surface area contributed by atoms with Crippen LogP contribution in [-0.2, 0) is 4.79 Å². The van der Waals surface area contributed by atoms with E-state index in [0.29, 0.717) is 17.0 Å². The van der Waals surface area contributed by atoms with Gasteiger partial charge in [-0.3, -0.25) is 4.79 Å². The number of benzene rings is 1. The molecule has 88 valence electrons. The molecule has 1 saturated carbocycles. The number of carbonyl (C=O) groups excluding carboxylic acids is 1.